The number of benzodiazepines with no additional fused rings is 1. The summed E-state index contributed by atoms with van der Waals surface area (Å²) in [6.07, 6.45) is -1.06. The SMILES string of the molecule is CN1C(=O)C(NC(=O)Nc2cccc(C(F)(F)F)c2)N=C(N2CC3CCC(CC3)C2)c2ccccc21. The van der Waals surface area contributed by atoms with E-state index in [1.54, 1.807) is 7.05 Å². The van der Waals surface area contributed by atoms with Crippen LogP contribution in [-0.2, 0) is 11.0 Å². The van der Waals surface area contributed by atoms with Crippen LogP contribution in [0.5, 0.6) is 0 Å². The molecule has 1 saturated carbocycles. The van der Waals surface area contributed by atoms with Gasteiger partial charge in [0.05, 0.1) is 11.3 Å². The van der Waals surface area contributed by atoms with Crippen molar-refractivity contribution in [1.29, 1.82) is 0 Å². The molecule has 2 bridgehead atoms. The van der Waals surface area contributed by atoms with Gasteiger partial charge in [-0.1, -0.05) is 18.2 Å². The first-order valence-electron chi connectivity index (χ1n) is 12.1. The van der Waals surface area contributed by atoms with Crippen LogP contribution in [0.1, 0.15) is 36.8 Å². The molecular weight excluding hydrogens is 471 g/mol. The van der Waals surface area contributed by atoms with Crippen molar-refractivity contribution in [3.05, 3.63) is 59.7 Å². The standard InChI is InChI=1S/C26H28F3N5O2/c1-33-21-8-3-2-7-20(21)23(34-14-16-9-10-17(15-34)12-11-16)31-22(24(33)35)32-25(36)30-19-6-4-5-18(13-19)26(27,28)29/h2-8,13,16-17,22H,9-12,14-15H2,1H3,(H2,30,32,36). The van der Waals surface area contributed by atoms with Crippen molar-refractivity contribution in [1.82, 2.24) is 10.2 Å². The number of para-hydroxylation sites is 1. The number of alkyl halides is 3. The fraction of sp³-hybridized carbons (Fsp3) is 0.423. The van der Waals surface area contributed by atoms with E-state index in [0.717, 1.165) is 30.8 Å². The van der Waals surface area contributed by atoms with Gasteiger partial charge in [0.15, 0.2) is 0 Å². The lowest BCUT2D eigenvalue weighted by molar-refractivity contribution is -0.137. The van der Waals surface area contributed by atoms with Crippen molar-refractivity contribution >= 4 is 29.1 Å². The van der Waals surface area contributed by atoms with Crippen LogP contribution in [0, 0.1) is 11.8 Å². The quantitative estimate of drug-likeness (QED) is 0.629. The van der Waals surface area contributed by atoms with E-state index in [9.17, 15) is 22.8 Å². The number of nitrogens with one attached hydrogen (secondary N) is 2. The number of fused-ring (bicyclic) bond motifs is 5. The van der Waals surface area contributed by atoms with E-state index >= 15 is 0 Å². The maximum absolute atomic E-state index is 13.3. The molecule has 1 aliphatic carbocycles. The molecule has 3 aliphatic heterocycles. The number of halogens is 3. The summed E-state index contributed by atoms with van der Waals surface area (Å²) in [4.78, 5) is 34.6. The zero-order valence-electron chi connectivity index (χ0n) is 19.9. The minimum atomic E-state index is -4.54. The number of hydrogen-bond acceptors (Lipinski definition) is 4. The van der Waals surface area contributed by atoms with Crippen LogP contribution in [-0.4, -0.2) is 49.0 Å². The molecule has 0 radical (unpaired) electrons. The van der Waals surface area contributed by atoms with Gasteiger partial charge in [-0.25, -0.2) is 9.79 Å². The lowest BCUT2D eigenvalue weighted by Gasteiger charge is -2.27. The Morgan fingerprint density at radius 1 is 1.00 bits per heavy atom. The molecule has 3 amide bonds. The Morgan fingerprint density at radius 2 is 1.67 bits per heavy atom. The molecule has 0 spiro atoms. The Bertz CT molecular complexity index is 1180. The van der Waals surface area contributed by atoms with E-state index in [1.807, 2.05) is 24.3 Å². The zero-order valence-corrected chi connectivity index (χ0v) is 19.9. The summed E-state index contributed by atoms with van der Waals surface area (Å²) >= 11 is 0. The highest BCUT2D eigenvalue weighted by atomic mass is 19.4. The fourth-order valence-corrected chi connectivity index (χ4v) is 5.38. The van der Waals surface area contributed by atoms with Crippen LogP contribution in [0.2, 0.25) is 0 Å². The number of rotatable bonds is 2. The largest absolute Gasteiger partial charge is 0.416 e. The number of nitrogens with zero attached hydrogens (tertiary/aromatic N) is 3. The summed E-state index contributed by atoms with van der Waals surface area (Å²) in [5, 5.41) is 4.97. The molecule has 3 heterocycles. The van der Waals surface area contributed by atoms with Gasteiger partial charge in [-0.15, -0.1) is 0 Å². The first kappa shape index (κ1) is 24.1. The van der Waals surface area contributed by atoms with Gasteiger partial charge in [-0.3, -0.25) is 4.79 Å². The number of amides is 3. The van der Waals surface area contributed by atoms with Crippen LogP contribution >= 0.6 is 0 Å². The van der Waals surface area contributed by atoms with Crippen molar-refractivity contribution in [2.75, 3.05) is 30.4 Å². The normalized spacial score (nSPS) is 23.9. The molecule has 2 saturated heterocycles. The van der Waals surface area contributed by atoms with Gasteiger partial charge < -0.3 is 20.4 Å². The first-order chi connectivity index (χ1) is 17.2. The monoisotopic (exact) mass is 499 g/mol. The number of hydrogen-bond donors (Lipinski definition) is 2. The molecule has 0 aromatic heterocycles. The summed E-state index contributed by atoms with van der Waals surface area (Å²) in [5.41, 5.74) is 0.600. The van der Waals surface area contributed by atoms with Gasteiger partial charge in [0.2, 0.25) is 6.17 Å². The van der Waals surface area contributed by atoms with Crippen LogP contribution in [0.4, 0.5) is 29.3 Å². The third kappa shape index (κ3) is 4.89. The Balaban J connectivity index is 1.43. The maximum atomic E-state index is 13.3. The fourth-order valence-electron chi connectivity index (χ4n) is 5.38. The molecule has 36 heavy (non-hydrogen) atoms. The van der Waals surface area contributed by atoms with Crippen LogP contribution in [0.3, 0.4) is 0 Å². The highest BCUT2D eigenvalue weighted by Crippen LogP contribution is 2.36. The van der Waals surface area contributed by atoms with Gasteiger partial charge in [-0.2, -0.15) is 13.2 Å². The van der Waals surface area contributed by atoms with Crippen LogP contribution in [0.25, 0.3) is 0 Å². The molecule has 190 valence electrons. The molecule has 10 heteroatoms. The van der Waals surface area contributed by atoms with Crippen molar-refractivity contribution in [3.63, 3.8) is 0 Å². The van der Waals surface area contributed by atoms with Crippen LogP contribution < -0.4 is 15.5 Å². The van der Waals surface area contributed by atoms with Crippen molar-refractivity contribution in [2.24, 2.45) is 16.8 Å². The summed E-state index contributed by atoms with van der Waals surface area (Å²) in [6.45, 7) is 1.68. The second-order valence-corrected chi connectivity index (χ2v) is 9.74. The van der Waals surface area contributed by atoms with E-state index in [-0.39, 0.29) is 5.69 Å². The molecule has 2 aromatic carbocycles. The van der Waals surface area contributed by atoms with E-state index in [0.29, 0.717) is 23.4 Å². The van der Waals surface area contributed by atoms with Crippen molar-refractivity contribution in [2.45, 2.75) is 38.0 Å². The smallest absolute Gasteiger partial charge is 0.356 e. The Kier molecular flexibility index (Phi) is 6.36. The third-order valence-electron chi connectivity index (χ3n) is 7.26. The van der Waals surface area contributed by atoms with E-state index in [2.05, 4.69) is 15.5 Å². The number of amidine groups is 1. The van der Waals surface area contributed by atoms with Crippen molar-refractivity contribution < 1.29 is 22.8 Å². The Labute approximate surface area is 207 Å². The zero-order chi connectivity index (χ0) is 25.4. The predicted molar refractivity (Wildman–Crippen MR) is 131 cm³/mol. The summed E-state index contributed by atoms with van der Waals surface area (Å²) in [5.74, 6) is 1.35. The number of aliphatic imine (C=N–C) groups is 1. The second-order valence-electron chi connectivity index (χ2n) is 9.74. The average Bonchev–Trinajstić information content (AvgIpc) is 3.22. The molecule has 1 unspecified atom stereocenters. The number of urea groups is 1. The van der Waals surface area contributed by atoms with Crippen LogP contribution in [0.15, 0.2) is 53.5 Å². The lowest BCUT2D eigenvalue weighted by Crippen LogP contribution is -2.47. The Morgan fingerprint density at radius 3 is 2.33 bits per heavy atom. The van der Waals surface area contributed by atoms with Crippen molar-refractivity contribution in [3.8, 4) is 0 Å². The van der Waals surface area contributed by atoms with E-state index in [1.165, 1.54) is 42.7 Å². The molecule has 2 aromatic rings. The molecule has 1 atom stereocenters. The van der Waals surface area contributed by atoms with Gasteiger partial charge in [-0.05, 0) is 67.9 Å². The van der Waals surface area contributed by atoms with Gasteiger partial charge in [0.1, 0.15) is 5.84 Å². The topological polar surface area (TPSA) is 77.0 Å². The molecule has 6 rings (SSSR count). The predicted octanol–water partition coefficient (Wildman–Crippen LogP) is 4.70. The minimum absolute atomic E-state index is 0.0340. The highest BCUT2D eigenvalue weighted by Gasteiger charge is 2.36. The van der Waals surface area contributed by atoms with E-state index in [4.69, 9.17) is 4.99 Å². The third-order valence-corrected chi connectivity index (χ3v) is 7.26. The van der Waals surface area contributed by atoms with Gasteiger partial charge in [0, 0.05) is 31.4 Å². The summed E-state index contributed by atoms with van der Waals surface area (Å²) in [6, 6.07) is 11.0. The average molecular weight is 500 g/mol. The summed E-state index contributed by atoms with van der Waals surface area (Å²) in [7, 11) is 1.63. The number of likely N-dealkylation sites (N-methyl/N-ethyl adjacent to an activating group) is 1. The van der Waals surface area contributed by atoms with Gasteiger partial charge in [0.25, 0.3) is 5.91 Å². The van der Waals surface area contributed by atoms with E-state index < -0.39 is 29.8 Å². The molecule has 7 nitrogen and oxygen atoms in total. The lowest BCUT2D eigenvalue weighted by atomic mass is 9.84. The maximum Gasteiger partial charge on any atom is 0.416 e. The molecule has 2 N–H and O–H groups in total. The Hall–Kier alpha value is -3.56. The number of carbonyl (C=O) groups excluding carboxylic acids is 2. The number of carbonyl (C=O) groups is 2. The molecule has 4 aliphatic rings. The minimum Gasteiger partial charge on any atom is -0.356 e. The van der Waals surface area contributed by atoms with Gasteiger partial charge >= 0.3 is 12.2 Å². The summed E-state index contributed by atoms with van der Waals surface area (Å²) < 4.78 is 39.2. The molecular formula is C26H28F3N5O2. The molecule has 3 fully saturated rings. The first-order valence-corrected chi connectivity index (χ1v) is 12.1. The number of anilines is 2. The second kappa shape index (κ2) is 9.48. The highest BCUT2D eigenvalue weighted by molar-refractivity contribution is 6.12. The number of benzene rings is 2.